The standard InChI is InChI=1S/C6H6.2C6H10.2C6H8.2C2H6.4B/c1-2-4-6-5-3-1;4*1-3-5-6-4-2;2*1-2;;;;/h1-6H;2*3-6H,1-2H3;2*3-6H,1-2H2;2*1-2H3;;;;/b;2*5-3-,6-4-;2*6-5-;;;;;;. The van der Waals surface area contributed by atoms with Gasteiger partial charge in [-0.05, 0) is 27.7 Å². The summed E-state index contributed by atoms with van der Waals surface area (Å²) in [5, 5.41) is 0. The number of allylic oxidation sites excluding steroid dienone is 16. The van der Waals surface area contributed by atoms with Crippen molar-refractivity contribution in [2.45, 2.75) is 55.4 Å². The van der Waals surface area contributed by atoms with E-state index in [1.165, 1.54) is 0 Å². The lowest BCUT2D eigenvalue weighted by atomic mass is 10.4. The van der Waals surface area contributed by atoms with E-state index in [0.717, 1.165) is 0 Å². The Labute approximate surface area is 248 Å². The van der Waals surface area contributed by atoms with Crippen LogP contribution in [0, 0.1) is 0 Å². The molecule has 0 saturated carbocycles. The SMILES string of the molecule is C/C=C\C=C/C.C/C=C\C=C/C.C=C/C=C\C=C.C=C/C=C\C=C.CC.CC.[B].[B].[B].[B].c1ccccc1. The van der Waals surface area contributed by atoms with Gasteiger partial charge in [-0.2, -0.15) is 0 Å². The monoisotopic (exact) mass is 506 g/mol. The van der Waals surface area contributed by atoms with Gasteiger partial charge in [0.2, 0.25) is 0 Å². The van der Waals surface area contributed by atoms with Crippen molar-refractivity contribution in [3.63, 3.8) is 0 Å². The molecule has 0 N–H and O–H groups in total. The number of hydrogen-bond acceptors (Lipinski definition) is 0. The minimum atomic E-state index is 0. The fourth-order valence-electron chi connectivity index (χ4n) is 1.14. The van der Waals surface area contributed by atoms with E-state index in [4.69, 9.17) is 0 Å². The maximum atomic E-state index is 3.46. The maximum Gasteiger partial charge on any atom is 0 e. The second-order valence-electron chi connectivity index (χ2n) is 4.97. The summed E-state index contributed by atoms with van der Waals surface area (Å²) in [5.41, 5.74) is 0. The van der Waals surface area contributed by atoms with Crippen LogP contribution in [0.3, 0.4) is 0 Å². The lowest BCUT2D eigenvalue weighted by molar-refractivity contribution is 1.50. The van der Waals surface area contributed by atoms with Crippen molar-refractivity contribution in [2.24, 2.45) is 0 Å². The molecule has 4 heteroatoms. The van der Waals surface area contributed by atoms with Crippen molar-refractivity contribution < 1.29 is 0 Å². The van der Waals surface area contributed by atoms with Crippen molar-refractivity contribution >= 4 is 33.7 Å². The predicted octanol–water partition coefficient (Wildman–Crippen LogP) is 10.3. The molecule has 38 heavy (non-hydrogen) atoms. The topological polar surface area (TPSA) is 0 Å². The van der Waals surface area contributed by atoms with E-state index < -0.39 is 0 Å². The minimum absolute atomic E-state index is 0. The molecular weight excluding hydrogens is 452 g/mol. The predicted molar refractivity (Wildman–Crippen MR) is 190 cm³/mol. The zero-order valence-electron chi connectivity index (χ0n) is 25.8. The molecule has 0 spiro atoms. The summed E-state index contributed by atoms with van der Waals surface area (Å²) >= 11 is 0. The van der Waals surface area contributed by atoms with E-state index in [1.807, 2.05) is 165 Å². The van der Waals surface area contributed by atoms with Gasteiger partial charge >= 0.3 is 0 Å². The Morgan fingerprint density at radius 3 is 0.526 bits per heavy atom. The van der Waals surface area contributed by atoms with Crippen LogP contribution in [0.15, 0.2) is 160 Å². The Kier molecular flexibility index (Phi) is 175. The van der Waals surface area contributed by atoms with Crippen LogP contribution in [-0.4, -0.2) is 33.7 Å². The average molecular weight is 506 g/mol. The molecule has 0 nitrogen and oxygen atoms in total. The van der Waals surface area contributed by atoms with Crippen LogP contribution in [0.25, 0.3) is 0 Å². The van der Waals surface area contributed by atoms with E-state index in [1.54, 1.807) is 24.3 Å². The van der Waals surface area contributed by atoms with Gasteiger partial charge in [-0.1, -0.05) is 188 Å². The van der Waals surface area contributed by atoms with Crippen LogP contribution in [0.2, 0.25) is 0 Å². The molecule has 12 radical (unpaired) electrons. The van der Waals surface area contributed by atoms with Crippen molar-refractivity contribution in [3.05, 3.63) is 160 Å². The molecule has 0 saturated heterocycles. The number of rotatable bonds is 6. The number of benzene rings is 1. The summed E-state index contributed by atoms with van der Waals surface area (Å²) in [5.74, 6) is 0. The Balaban J connectivity index is -0.0000000304. The molecule has 1 rings (SSSR count). The molecule has 202 valence electrons. The fourth-order valence-corrected chi connectivity index (χ4v) is 1.14. The average Bonchev–Trinajstić information content (AvgIpc) is 2.93. The molecule has 0 aromatic heterocycles. The summed E-state index contributed by atoms with van der Waals surface area (Å²) in [6, 6.07) is 12.0. The molecule has 0 atom stereocenters. The highest BCUT2D eigenvalue weighted by Crippen LogP contribution is 1.80. The van der Waals surface area contributed by atoms with Gasteiger partial charge in [0.25, 0.3) is 0 Å². The van der Waals surface area contributed by atoms with Crippen molar-refractivity contribution in [1.82, 2.24) is 0 Å². The van der Waals surface area contributed by atoms with Crippen LogP contribution in [0.5, 0.6) is 0 Å². The molecule has 0 heterocycles. The zero-order valence-corrected chi connectivity index (χ0v) is 25.8. The summed E-state index contributed by atoms with van der Waals surface area (Å²) in [6.45, 7) is 29.9. The minimum Gasteiger partial charge on any atom is -0.0991 e. The van der Waals surface area contributed by atoms with E-state index in [2.05, 4.69) is 26.3 Å². The van der Waals surface area contributed by atoms with Gasteiger partial charge < -0.3 is 0 Å². The first-order valence-corrected chi connectivity index (χ1v) is 11.9. The highest BCUT2D eigenvalue weighted by molar-refractivity contribution is 5.76. The smallest absolute Gasteiger partial charge is 0 e. The largest absolute Gasteiger partial charge is 0.0991 e. The summed E-state index contributed by atoms with van der Waals surface area (Å²) in [4.78, 5) is 0. The molecule has 0 bridgehead atoms. The van der Waals surface area contributed by atoms with Gasteiger partial charge in [-0.3, -0.25) is 0 Å². The van der Waals surface area contributed by atoms with Crippen LogP contribution in [0.4, 0.5) is 0 Å². The van der Waals surface area contributed by atoms with E-state index in [0.29, 0.717) is 0 Å². The van der Waals surface area contributed by atoms with Crippen molar-refractivity contribution in [1.29, 1.82) is 0 Å². The zero-order chi connectivity index (χ0) is 27.6. The van der Waals surface area contributed by atoms with Crippen LogP contribution >= 0.6 is 0 Å². The van der Waals surface area contributed by atoms with Crippen molar-refractivity contribution in [3.8, 4) is 0 Å². The molecule has 0 unspecified atom stereocenters. The van der Waals surface area contributed by atoms with Gasteiger partial charge in [0.05, 0.1) is 0 Å². The first-order valence-electron chi connectivity index (χ1n) is 11.9. The fraction of sp³-hybridized carbons (Fsp3) is 0.235. The number of hydrogen-bond donors (Lipinski definition) is 0. The summed E-state index contributed by atoms with van der Waals surface area (Å²) in [7, 11) is 0. The lowest BCUT2D eigenvalue weighted by Crippen LogP contribution is -1.47. The third-order valence-electron chi connectivity index (χ3n) is 2.43. The van der Waals surface area contributed by atoms with Gasteiger partial charge in [0, 0.05) is 33.7 Å². The molecule has 0 aliphatic rings. The van der Waals surface area contributed by atoms with E-state index in [-0.39, 0.29) is 33.7 Å². The third-order valence-corrected chi connectivity index (χ3v) is 2.43. The summed E-state index contributed by atoms with van der Waals surface area (Å²) in [6.07, 6.45) is 30.1. The molecule has 0 amide bonds. The van der Waals surface area contributed by atoms with Crippen LogP contribution < -0.4 is 0 Å². The highest BCUT2D eigenvalue weighted by atomic mass is 13.6. The molecule has 0 aliphatic carbocycles. The highest BCUT2D eigenvalue weighted by Gasteiger charge is 1.58. The molecule has 0 aliphatic heterocycles. The Bertz CT molecular complexity index is 527. The normalized spacial score (nSPS) is 8.00. The second-order valence-corrected chi connectivity index (χ2v) is 4.97. The van der Waals surface area contributed by atoms with E-state index >= 15 is 0 Å². The molecule has 1 aromatic carbocycles. The first kappa shape index (κ1) is 64.7. The quantitative estimate of drug-likeness (QED) is 0.266. The van der Waals surface area contributed by atoms with E-state index in [9.17, 15) is 0 Å². The second kappa shape index (κ2) is 103. The molecular formula is C34H54B4. The van der Waals surface area contributed by atoms with Gasteiger partial charge in [0.1, 0.15) is 0 Å². The van der Waals surface area contributed by atoms with Gasteiger partial charge in [0.15, 0.2) is 0 Å². The van der Waals surface area contributed by atoms with Gasteiger partial charge in [-0.15, -0.1) is 0 Å². The van der Waals surface area contributed by atoms with Crippen LogP contribution in [-0.2, 0) is 0 Å². The summed E-state index contributed by atoms with van der Waals surface area (Å²) < 4.78 is 0. The Morgan fingerprint density at radius 2 is 0.447 bits per heavy atom. The Morgan fingerprint density at radius 1 is 0.316 bits per heavy atom. The van der Waals surface area contributed by atoms with Crippen LogP contribution in [0.1, 0.15) is 55.4 Å². The lowest BCUT2D eigenvalue weighted by Gasteiger charge is -1.69. The molecule has 0 fully saturated rings. The third kappa shape index (κ3) is 151. The first-order chi connectivity index (χ1) is 16.7. The maximum absolute atomic E-state index is 3.46. The molecule has 1 aromatic rings. The van der Waals surface area contributed by atoms with Gasteiger partial charge in [-0.25, -0.2) is 0 Å². The van der Waals surface area contributed by atoms with Crippen molar-refractivity contribution in [2.75, 3.05) is 0 Å². The Hall–Kier alpha value is -3.12.